The van der Waals surface area contributed by atoms with E-state index in [4.69, 9.17) is 0 Å². The molecular formula is C12H12F6O6. The van der Waals surface area contributed by atoms with Crippen LogP contribution < -0.4 is 0 Å². The van der Waals surface area contributed by atoms with Crippen molar-refractivity contribution in [3.05, 3.63) is 12.7 Å². The number of alkyl halides is 6. The minimum atomic E-state index is -4.83. The molecule has 0 saturated heterocycles. The predicted octanol–water partition coefficient (Wildman–Crippen LogP) is 2.08. The lowest BCUT2D eigenvalue weighted by Crippen LogP contribution is -2.31. The fourth-order valence-electron chi connectivity index (χ4n) is 1.13. The number of rotatable bonds is 8. The van der Waals surface area contributed by atoms with E-state index in [9.17, 15) is 40.7 Å². The highest BCUT2D eigenvalue weighted by Gasteiger charge is 2.34. The second-order valence-electron chi connectivity index (χ2n) is 4.21. The van der Waals surface area contributed by atoms with Crippen LogP contribution in [0.25, 0.3) is 0 Å². The Morgan fingerprint density at radius 3 is 1.54 bits per heavy atom. The predicted molar refractivity (Wildman–Crippen MR) is 63.3 cm³/mol. The third kappa shape index (κ3) is 12.3. The van der Waals surface area contributed by atoms with Crippen molar-refractivity contribution in [1.29, 1.82) is 0 Å². The summed E-state index contributed by atoms with van der Waals surface area (Å²) in [6.07, 6.45) is -14.4. The molecule has 0 fully saturated rings. The Kier molecular flexibility index (Phi) is 8.27. The first-order chi connectivity index (χ1) is 10.8. The van der Waals surface area contributed by atoms with Gasteiger partial charge < -0.3 is 14.2 Å². The molecule has 0 aliphatic heterocycles. The van der Waals surface area contributed by atoms with Crippen molar-refractivity contribution in [2.75, 3.05) is 13.2 Å². The second kappa shape index (κ2) is 9.13. The van der Waals surface area contributed by atoms with Crippen LogP contribution >= 0.6 is 0 Å². The van der Waals surface area contributed by atoms with E-state index < -0.39 is 62.4 Å². The van der Waals surface area contributed by atoms with Crippen molar-refractivity contribution < 1.29 is 54.9 Å². The molecule has 0 rings (SSSR count). The maximum absolute atomic E-state index is 11.9. The summed E-state index contributed by atoms with van der Waals surface area (Å²) in [5.74, 6) is -4.52. The van der Waals surface area contributed by atoms with E-state index in [-0.39, 0.29) is 0 Å². The van der Waals surface area contributed by atoms with Crippen LogP contribution in [0.3, 0.4) is 0 Å². The summed E-state index contributed by atoms with van der Waals surface area (Å²) in [5.41, 5.74) is 0. The SMILES string of the molecule is C=CC(=O)OC(COC(=O)CC(F)(F)F)COC(=O)CC(F)(F)F. The van der Waals surface area contributed by atoms with Crippen molar-refractivity contribution in [3.8, 4) is 0 Å². The number of esters is 3. The van der Waals surface area contributed by atoms with Crippen molar-refractivity contribution in [3.63, 3.8) is 0 Å². The van der Waals surface area contributed by atoms with Crippen molar-refractivity contribution >= 4 is 17.9 Å². The molecule has 0 saturated carbocycles. The molecule has 0 amide bonds. The minimum absolute atomic E-state index is 0.641. The average Bonchev–Trinajstić information content (AvgIpc) is 2.37. The van der Waals surface area contributed by atoms with E-state index in [0.29, 0.717) is 6.08 Å². The summed E-state index contributed by atoms with van der Waals surface area (Å²) in [6.45, 7) is 1.11. The molecule has 138 valence electrons. The fourth-order valence-corrected chi connectivity index (χ4v) is 1.13. The van der Waals surface area contributed by atoms with E-state index in [1.165, 1.54) is 0 Å². The van der Waals surface area contributed by atoms with E-state index in [1.807, 2.05) is 0 Å². The Bertz CT molecular complexity index is 438. The lowest BCUT2D eigenvalue weighted by molar-refractivity contribution is -0.181. The van der Waals surface area contributed by atoms with Gasteiger partial charge in [0.25, 0.3) is 0 Å². The quantitative estimate of drug-likeness (QED) is 0.283. The monoisotopic (exact) mass is 366 g/mol. The Hall–Kier alpha value is -2.27. The lowest BCUT2D eigenvalue weighted by atomic mass is 10.3. The molecule has 0 spiro atoms. The number of hydrogen-bond acceptors (Lipinski definition) is 6. The zero-order chi connectivity index (χ0) is 19.0. The number of carbonyl (C=O) groups is 3. The molecule has 0 aliphatic rings. The van der Waals surface area contributed by atoms with E-state index in [1.54, 1.807) is 0 Å². The van der Waals surface area contributed by atoms with E-state index in [0.717, 1.165) is 0 Å². The zero-order valence-electron chi connectivity index (χ0n) is 11.9. The molecule has 12 heteroatoms. The smallest absolute Gasteiger partial charge is 0.399 e. The topological polar surface area (TPSA) is 78.9 Å². The van der Waals surface area contributed by atoms with Crippen LogP contribution in [0.5, 0.6) is 0 Å². The number of halogens is 6. The molecular weight excluding hydrogens is 354 g/mol. The van der Waals surface area contributed by atoms with Crippen molar-refractivity contribution in [1.82, 2.24) is 0 Å². The molecule has 0 aliphatic carbocycles. The highest BCUT2D eigenvalue weighted by atomic mass is 19.4. The summed E-state index contributed by atoms with van der Waals surface area (Å²) in [6, 6.07) is 0. The molecule has 0 heterocycles. The van der Waals surface area contributed by atoms with Gasteiger partial charge in [-0.3, -0.25) is 9.59 Å². The normalized spacial score (nSPS) is 11.8. The molecule has 0 unspecified atom stereocenters. The van der Waals surface area contributed by atoms with Gasteiger partial charge in [0, 0.05) is 6.08 Å². The van der Waals surface area contributed by atoms with Gasteiger partial charge in [-0.05, 0) is 0 Å². The van der Waals surface area contributed by atoms with E-state index >= 15 is 0 Å². The molecule has 0 atom stereocenters. The van der Waals surface area contributed by atoms with Crippen LogP contribution in [0.15, 0.2) is 12.7 Å². The summed E-state index contributed by atoms with van der Waals surface area (Å²) in [5, 5.41) is 0. The first kappa shape index (κ1) is 21.7. The Labute approximate surface area is 131 Å². The fraction of sp³-hybridized carbons (Fsp3) is 0.583. The summed E-state index contributed by atoms with van der Waals surface area (Å²) in [4.78, 5) is 32.8. The number of ether oxygens (including phenoxy) is 3. The average molecular weight is 366 g/mol. The van der Waals surface area contributed by atoms with Crippen molar-refractivity contribution in [2.45, 2.75) is 31.3 Å². The van der Waals surface area contributed by atoms with Gasteiger partial charge in [-0.25, -0.2) is 4.79 Å². The third-order valence-corrected chi connectivity index (χ3v) is 2.00. The van der Waals surface area contributed by atoms with Crippen LogP contribution in [0.1, 0.15) is 12.8 Å². The zero-order valence-corrected chi connectivity index (χ0v) is 11.9. The molecule has 0 bridgehead atoms. The molecule has 0 N–H and O–H groups in total. The molecule has 24 heavy (non-hydrogen) atoms. The summed E-state index contributed by atoms with van der Waals surface area (Å²) in [7, 11) is 0. The van der Waals surface area contributed by atoms with Gasteiger partial charge in [0.15, 0.2) is 6.10 Å². The molecule has 0 aromatic heterocycles. The van der Waals surface area contributed by atoms with Crippen LogP contribution in [0.2, 0.25) is 0 Å². The van der Waals surface area contributed by atoms with Gasteiger partial charge in [0.1, 0.15) is 26.1 Å². The highest BCUT2D eigenvalue weighted by Crippen LogP contribution is 2.21. The lowest BCUT2D eigenvalue weighted by Gasteiger charge is -2.17. The first-order valence-corrected chi connectivity index (χ1v) is 6.10. The van der Waals surface area contributed by atoms with Crippen LogP contribution in [-0.2, 0) is 28.6 Å². The standard InChI is InChI=1S/C12H12F6O6/c1-2-8(19)24-7(5-22-9(20)3-11(13,14)15)6-23-10(21)4-12(16,17)18/h2,7H,1,3-6H2. The van der Waals surface area contributed by atoms with Gasteiger partial charge in [-0.15, -0.1) is 0 Å². The number of carbonyl (C=O) groups excluding carboxylic acids is 3. The summed E-state index contributed by atoms with van der Waals surface area (Å²) < 4.78 is 84.4. The molecule has 0 radical (unpaired) electrons. The molecule has 6 nitrogen and oxygen atoms in total. The first-order valence-electron chi connectivity index (χ1n) is 6.10. The molecule has 0 aromatic rings. The van der Waals surface area contributed by atoms with Crippen LogP contribution in [-0.4, -0.2) is 49.6 Å². The van der Waals surface area contributed by atoms with Crippen LogP contribution in [0.4, 0.5) is 26.3 Å². The van der Waals surface area contributed by atoms with Gasteiger partial charge in [0.2, 0.25) is 0 Å². The summed E-state index contributed by atoms with van der Waals surface area (Å²) >= 11 is 0. The van der Waals surface area contributed by atoms with Gasteiger partial charge >= 0.3 is 30.3 Å². The van der Waals surface area contributed by atoms with Gasteiger partial charge in [-0.2, -0.15) is 26.3 Å². The number of hydrogen-bond donors (Lipinski definition) is 0. The van der Waals surface area contributed by atoms with Crippen LogP contribution in [0, 0.1) is 0 Å². The Morgan fingerprint density at radius 1 is 0.875 bits per heavy atom. The molecule has 0 aromatic carbocycles. The van der Waals surface area contributed by atoms with E-state index in [2.05, 4.69) is 20.8 Å². The third-order valence-electron chi connectivity index (χ3n) is 2.00. The highest BCUT2D eigenvalue weighted by molar-refractivity contribution is 5.81. The Morgan fingerprint density at radius 2 is 1.25 bits per heavy atom. The minimum Gasteiger partial charge on any atom is -0.461 e. The second-order valence-corrected chi connectivity index (χ2v) is 4.21. The maximum Gasteiger partial charge on any atom is 0.399 e. The van der Waals surface area contributed by atoms with Crippen molar-refractivity contribution in [2.24, 2.45) is 0 Å². The largest absolute Gasteiger partial charge is 0.461 e. The maximum atomic E-state index is 11.9. The van der Waals surface area contributed by atoms with Gasteiger partial charge in [0.05, 0.1) is 0 Å². The Balaban J connectivity index is 4.53. The van der Waals surface area contributed by atoms with Gasteiger partial charge in [-0.1, -0.05) is 6.58 Å².